The largest absolute Gasteiger partial charge is 0.493 e. The van der Waals surface area contributed by atoms with Gasteiger partial charge in [-0.05, 0) is 31.0 Å². The molecule has 0 aliphatic heterocycles. The third kappa shape index (κ3) is 5.27. The van der Waals surface area contributed by atoms with Crippen LogP contribution in [0.2, 0.25) is 0 Å². The molecular formula is C18H23ClN4O5S. The molecule has 0 spiro atoms. The highest BCUT2D eigenvalue weighted by atomic mass is 35.7. The van der Waals surface area contributed by atoms with Gasteiger partial charge in [-0.2, -0.15) is 5.10 Å². The van der Waals surface area contributed by atoms with Crippen LogP contribution in [0.1, 0.15) is 57.3 Å². The third-order valence-corrected chi connectivity index (χ3v) is 5.21. The summed E-state index contributed by atoms with van der Waals surface area (Å²) in [4.78, 5) is 24.8. The number of benzene rings is 1. The number of rotatable bonds is 9. The van der Waals surface area contributed by atoms with Crippen LogP contribution in [0.4, 0.5) is 5.69 Å². The summed E-state index contributed by atoms with van der Waals surface area (Å²) in [5.74, 6) is -1.89. The summed E-state index contributed by atoms with van der Waals surface area (Å²) in [6.07, 6.45) is 1.40. The molecule has 0 radical (unpaired) electrons. The second kappa shape index (κ2) is 9.27. The number of hydrogen-bond acceptors (Lipinski definition) is 6. The topological polar surface area (TPSA) is 133 Å². The lowest BCUT2D eigenvalue weighted by atomic mass is 10.1. The summed E-state index contributed by atoms with van der Waals surface area (Å²) in [6, 6.07) is 3.50. The molecule has 2 rings (SSSR count). The Kier molecular flexibility index (Phi) is 5.90. The van der Waals surface area contributed by atoms with Gasteiger partial charge in [-0.3, -0.25) is 14.3 Å². The first-order valence-electron chi connectivity index (χ1n) is 10.3. The van der Waals surface area contributed by atoms with Crippen molar-refractivity contribution in [2.75, 3.05) is 11.9 Å². The van der Waals surface area contributed by atoms with E-state index in [2.05, 4.69) is 10.4 Å². The van der Waals surface area contributed by atoms with E-state index in [0.29, 0.717) is 17.5 Å². The molecule has 2 aromatic rings. The van der Waals surface area contributed by atoms with Gasteiger partial charge in [-0.25, -0.2) is 8.42 Å². The average Bonchev–Trinajstić information content (AvgIpc) is 3.04. The molecule has 29 heavy (non-hydrogen) atoms. The fourth-order valence-electron chi connectivity index (χ4n) is 2.59. The maximum atomic E-state index is 13.1. The molecule has 11 heteroatoms. The van der Waals surface area contributed by atoms with Crippen molar-refractivity contribution in [2.45, 2.75) is 38.0 Å². The van der Waals surface area contributed by atoms with E-state index in [1.165, 1.54) is 12.1 Å². The molecular weight excluding hydrogens is 420 g/mol. The first-order chi connectivity index (χ1) is 14.8. The number of carbonyl (C=O) groups excluding carboxylic acids is 2. The average molecular weight is 446 g/mol. The summed E-state index contributed by atoms with van der Waals surface area (Å²) in [6.45, 7) is 1.07. The quantitative estimate of drug-likeness (QED) is 0.569. The fourth-order valence-corrected chi connectivity index (χ4v) is 3.37. The number of anilines is 1. The summed E-state index contributed by atoms with van der Waals surface area (Å²) in [5.41, 5.74) is 4.68. The van der Waals surface area contributed by atoms with Crippen molar-refractivity contribution in [3.8, 4) is 5.75 Å². The molecule has 0 bridgehead atoms. The molecule has 0 saturated carbocycles. The molecule has 1 aromatic carbocycles. The first-order valence-corrected chi connectivity index (χ1v) is 11.1. The number of nitrogens with zero attached hydrogens (tertiary/aromatic N) is 2. The lowest BCUT2D eigenvalue weighted by molar-refractivity contribution is 0.0992. The standard InChI is InChI=1S/C18H23ClN4O5S/c1-4-6-13-15(16(17(20)24)23(3)22-13)21-18(25)12-10-11(29(19,26)27)7-8-14(12)28-9-5-2/h7-8,10H,4-6,9H2,1-3H3,(H2,20,24)(H,21,25)/i3D3. The van der Waals surface area contributed by atoms with Crippen molar-refractivity contribution in [3.63, 3.8) is 0 Å². The van der Waals surface area contributed by atoms with E-state index in [1.54, 1.807) is 6.92 Å². The maximum Gasteiger partial charge on any atom is 0.269 e. The number of hydrogen-bond donors (Lipinski definition) is 2. The van der Waals surface area contributed by atoms with Crippen LogP contribution in [-0.2, 0) is 22.4 Å². The van der Waals surface area contributed by atoms with E-state index in [1.807, 2.05) is 6.92 Å². The van der Waals surface area contributed by atoms with E-state index in [-0.39, 0.29) is 40.6 Å². The number of nitrogens with two attached hydrogens (primary N) is 1. The van der Waals surface area contributed by atoms with Gasteiger partial charge < -0.3 is 15.8 Å². The minimum absolute atomic E-state index is 0.0781. The molecule has 158 valence electrons. The fraction of sp³-hybridized carbons (Fsp3) is 0.389. The maximum absolute atomic E-state index is 13.1. The molecule has 2 amide bonds. The molecule has 0 aliphatic rings. The van der Waals surface area contributed by atoms with Crippen molar-refractivity contribution in [3.05, 3.63) is 35.2 Å². The lowest BCUT2D eigenvalue weighted by Gasteiger charge is -2.13. The Hall–Kier alpha value is -2.59. The van der Waals surface area contributed by atoms with Gasteiger partial charge in [0.2, 0.25) is 0 Å². The summed E-state index contributed by atoms with van der Waals surface area (Å²) in [5, 5.41) is 6.42. The van der Waals surface area contributed by atoms with Gasteiger partial charge in [0.15, 0.2) is 0 Å². The van der Waals surface area contributed by atoms with Crippen LogP contribution >= 0.6 is 10.7 Å². The van der Waals surface area contributed by atoms with Crippen LogP contribution in [0.25, 0.3) is 0 Å². The molecule has 0 fully saturated rings. The Balaban J connectivity index is 2.63. The normalized spacial score (nSPS) is 13.3. The Morgan fingerprint density at radius 1 is 1.34 bits per heavy atom. The number of aromatic nitrogens is 2. The van der Waals surface area contributed by atoms with Crippen LogP contribution in [-0.4, -0.2) is 36.6 Å². The van der Waals surface area contributed by atoms with Crippen LogP contribution in [0.5, 0.6) is 5.75 Å². The zero-order chi connectivity index (χ0) is 24.3. The van der Waals surface area contributed by atoms with Crippen molar-refractivity contribution < 1.29 is 26.9 Å². The van der Waals surface area contributed by atoms with Crippen LogP contribution in [0, 0.1) is 0 Å². The van der Waals surface area contributed by atoms with E-state index >= 15 is 0 Å². The summed E-state index contributed by atoms with van der Waals surface area (Å²) in [7, 11) is 1.25. The molecule has 3 N–H and O–H groups in total. The van der Waals surface area contributed by atoms with Gasteiger partial charge in [-0.1, -0.05) is 20.3 Å². The smallest absolute Gasteiger partial charge is 0.269 e. The SMILES string of the molecule is [2H]C([2H])([2H])n1nc(CCC)c(NC(=O)c2cc(S(=O)(=O)Cl)ccc2OCCC)c1C(N)=O. The Bertz CT molecular complexity index is 1130. The Labute approximate surface area is 177 Å². The molecule has 9 nitrogen and oxygen atoms in total. The molecule has 0 unspecified atom stereocenters. The highest BCUT2D eigenvalue weighted by molar-refractivity contribution is 8.13. The van der Waals surface area contributed by atoms with Crippen molar-refractivity contribution in [2.24, 2.45) is 12.7 Å². The van der Waals surface area contributed by atoms with Crippen LogP contribution < -0.4 is 15.8 Å². The second-order valence-electron chi connectivity index (χ2n) is 6.09. The zero-order valence-electron chi connectivity index (χ0n) is 18.9. The minimum Gasteiger partial charge on any atom is -0.493 e. The Morgan fingerprint density at radius 2 is 2.07 bits per heavy atom. The summed E-state index contributed by atoms with van der Waals surface area (Å²) >= 11 is 0. The van der Waals surface area contributed by atoms with Crippen molar-refractivity contribution in [1.82, 2.24) is 9.78 Å². The first kappa shape index (κ1) is 18.4. The third-order valence-electron chi connectivity index (χ3n) is 3.86. The number of carbonyl (C=O) groups is 2. The summed E-state index contributed by atoms with van der Waals surface area (Å²) < 4.78 is 52.3. The van der Waals surface area contributed by atoms with Gasteiger partial charge in [0.25, 0.3) is 20.9 Å². The predicted octanol–water partition coefficient (Wildman–Crippen LogP) is 2.44. The predicted molar refractivity (Wildman–Crippen MR) is 109 cm³/mol. The number of amides is 2. The van der Waals surface area contributed by atoms with Gasteiger partial charge in [0, 0.05) is 21.8 Å². The number of nitrogens with one attached hydrogen (secondary N) is 1. The highest BCUT2D eigenvalue weighted by Crippen LogP contribution is 2.28. The van der Waals surface area contributed by atoms with E-state index < -0.39 is 33.5 Å². The molecule has 0 aliphatic carbocycles. The lowest BCUT2D eigenvalue weighted by Crippen LogP contribution is -2.21. The monoisotopic (exact) mass is 445 g/mol. The van der Waals surface area contributed by atoms with Crippen molar-refractivity contribution in [1.29, 1.82) is 0 Å². The van der Waals surface area contributed by atoms with Crippen LogP contribution in [0.15, 0.2) is 23.1 Å². The number of ether oxygens (including phenoxy) is 1. The number of primary amides is 1. The molecule has 0 saturated heterocycles. The highest BCUT2D eigenvalue weighted by Gasteiger charge is 2.24. The molecule has 0 atom stereocenters. The van der Waals surface area contributed by atoms with Gasteiger partial charge in [0.1, 0.15) is 11.4 Å². The van der Waals surface area contributed by atoms with Crippen LogP contribution in [0.3, 0.4) is 0 Å². The van der Waals surface area contributed by atoms with Gasteiger partial charge >= 0.3 is 0 Å². The van der Waals surface area contributed by atoms with E-state index in [9.17, 15) is 18.0 Å². The minimum atomic E-state index is -4.15. The van der Waals surface area contributed by atoms with Gasteiger partial charge in [0.05, 0.1) is 28.4 Å². The number of halogens is 1. The Morgan fingerprint density at radius 3 is 2.62 bits per heavy atom. The van der Waals surface area contributed by atoms with E-state index in [0.717, 1.165) is 6.07 Å². The number of aryl methyl sites for hydroxylation is 2. The van der Waals surface area contributed by atoms with E-state index in [4.69, 9.17) is 25.3 Å². The van der Waals surface area contributed by atoms with Crippen molar-refractivity contribution >= 4 is 37.2 Å². The zero-order valence-corrected chi connectivity index (χ0v) is 17.4. The molecule has 1 aromatic heterocycles. The van der Waals surface area contributed by atoms with Gasteiger partial charge in [-0.15, -0.1) is 0 Å². The second-order valence-corrected chi connectivity index (χ2v) is 8.66. The molecule has 1 heterocycles.